The summed E-state index contributed by atoms with van der Waals surface area (Å²) in [6, 6.07) is 7.28. The molecule has 6 nitrogen and oxygen atoms in total. The Labute approximate surface area is 138 Å². The van der Waals surface area contributed by atoms with Gasteiger partial charge in [0.05, 0.1) is 0 Å². The molecular weight excluding hydrogens is 308 g/mol. The van der Waals surface area contributed by atoms with Gasteiger partial charge in [0.2, 0.25) is 0 Å². The van der Waals surface area contributed by atoms with E-state index in [2.05, 4.69) is 10.3 Å². The summed E-state index contributed by atoms with van der Waals surface area (Å²) in [6.07, 6.45) is 0.967. The molecule has 1 heterocycles. The quantitative estimate of drug-likeness (QED) is 0.738. The van der Waals surface area contributed by atoms with Crippen molar-refractivity contribution in [3.05, 3.63) is 57.5 Å². The van der Waals surface area contributed by atoms with Crippen LogP contribution >= 0.6 is 0 Å². The predicted molar refractivity (Wildman–Crippen MR) is 89.6 cm³/mol. The summed E-state index contributed by atoms with van der Waals surface area (Å²) in [5.74, 6) is -0.591. The number of Topliss-reactive ketones (excluding diaryl/α,β-unsaturated/α-hetero) is 1. The number of ketones is 1. The lowest BCUT2D eigenvalue weighted by Gasteiger charge is -2.29. The first-order valence-electron chi connectivity index (χ1n) is 7.65. The Balaban J connectivity index is 1.93. The van der Waals surface area contributed by atoms with E-state index in [1.807, 2.05) is 13.8 Å². The van der Waals surface area contributed by atoms with Crippen LogP contribution in [0.15, 0.2) is 35.1 Å². The number of nitrogens with one attached hydrogen (secondary N) is 2. The first kappa shape index (κ1) is 16.0. The number of benzene rings is 1. The molecule has 1 aliphatic carbocycles. The number of fused-ring (bicyclic) bond motifs is 1. The molecule has 0 aliphatic heterocycles. The summed E-state index contributed by atoms with van der Waals surface area (Å²) >= 11 is 0. The second-order valence-electron chi connectivity index (χ2n) is 6.85. The number of H-pyrrole nitrogens is 1. The van der Waals surface area contributed by atoms with Gasteiger partial charge in [0, 0.05) is 23.4 Å². The number of carbonyl (C=O) groups is 2. The van der Waals surface area contributed by atoms with Crippen molar-refractivity contribution in [3.8, 4) is 5.75 Å². The molecule has 1 aromatic carbocycles. The monoisotopic (exact) mass is 326 g/mol. The Kier molecular flexibility index (Phi) is 3.75. The standard InChI is InChI=1S/C18H18N2O4/c1-18(2)8-14-12(15(22)9-18)7-13(17(24)20-14)16(23)19-10-3-5-11(21)6-4-10/h3-7,21H,8-9H2,1-2H3,(H,19,23)(H,20,24). The number of rotatable bonds is 2. The zero-order chi connectivity index (χ0) is 17.5. The lowest BCUT2D eigenvalue weighted by molar-refractivity contribution is 0.0910. The van der Waals surface area contributed by atoms with Gasteiger partial charge in [0.1, 0.15) is 11.3 Å². The molecule has 124 valence electrons. The number of aromatic nitrogens is 1. The number of phenolic OH excluding ortho intramolecular Hbond substituents is 1. The van der Waals surface area contributed by atoms with Crippen molar-refractivity contribution in [2.24, 2.45) is 5.41 Å². The van der Waals surface area contributed by atoms with E-state index >= 15 is 0 Å². The fraction of sp³-hybridized carbons (Fsp3) is 0.278. The normalized spacial score (nSPS) is 15.7. The van der Waals surface area contributed by atoms with Crippen molar-refractivity contribution >= 4 is 17.4 Å². The molecular formula is C18H18N2O4. The Morgan fingerprint density at radius 3 is 2.50 bits per heavy atom. The molecule has 0 saturated heterocycles. The maximum atomic E-state index is 12.3. The highest BCUT2D eigenvalue weighted by Gasteiger charge is 2.32. The molecule has 0 unspecified atom stereocenters. The van der Waals surface area contributed by atoms with Gasteiger partial charge in [0.25, 0.3) is 11.5 Å². The van der Waals surface area contributed by atoms with Crippen LogP contribution in [0.25, 0.3) is 0 Å². The van der Waals surface area contributed by atoms with Crippen molar-refractivity contribution in [2.45, 2.75) is 26.7 Å². The first-order chi connectivity index (χ1) is 11.2. The summed E-state index contributed by atoms with van der Waals surface area (Å²) in [5.41, 5.74) is 0.614. The summed E-state index contributed by atoms with van der Waals surface area (Å²) in [5, 5.41) is 11.8. The van der Waals surface area contributed by atoms with Crippen molar-refractivity contribution in [3.63, 3.8) is 0 Å². The number of hydrogen-bond donors (Lipinski definition) is 3. The minimum Gasteiger partial charge on any atom is -0.508 e. The maximum absolute atomic E-state index is 12.3. The highest BCUT2D eigenvalue weighted by atomic mass is 16.3. The second kappa shape index (κ2) is 5.63. The van der Waals surface area contributed by atoms with Gasteiger partial charge >= 0.3 is 0 Å². The third-order valence-corrected chi connectivity index (χ3v) is 4.09. The molecule has 1 amide bonds. The van der Waals surface area contributed by atoms with E-state index in [0.29, 0.717) is 29.8 Å². The minimum absolute atomic E-state index is 0.0730. The number of carbonyl (C=O) groups excluding carboxylic acids is 2. The van der Waals surface area contributed by atoms with Crippen molar-refractivity contribution < 1.29 is 14.7 Å². The number of aromatic hydroxyl groups is 1. The highest BCUT2D eigenvalue weighted by Crippen LogP contribution is 2.33. The maximum Gasteiger partial charge on any atom is 0.261 e. The molecule has 2 aromatic rings. The first-order valence-corrected chi connectivity index (χ1v) is 7.65. The average Bonchev–Trinajstić information content (AvgIpc) is 2.47. The van der Waals surface area contributed by atoms with Crippen LogP contribution < -0.4 is 10.9 Å². The molecule has 0 radical (unpaired) electrons. The Morgan fingerprint density at radius 2 is 1.83 bits per heavy atom. The molecule has 1 aliphatic rings. The Morgan fingerprint density at radius 1 is 1.17 bits per heavy atom. The van der Waals surface area contributed by atoms with Crippen molar-refractivity contribution in [1.29, 1.82) is 0 Å². The van der Waals surface area contributed by atoms with Crippen LogP contribution in [0, 0.1) is 5.41 Å². The molecule has 0 bridgehead atoms. The SMILES string of the molecule is CC1(C)CC(=O)c2cc(C(=O)Nc3ccc(O)cc3)c(=O)[nH]c2C1. The van der Waals surface area contributed by atoms with Crippen LogP contribution in [0.3, 0.4) is 0 Å². The van der Waals surface area contributed by atoms with Gasteiger partial charge in [0.15, 0.2) is 5.78 Å². The van der Waals surface area contributed by atoms with Gasteiger partial charge in [-0.3, -0.25) is 14.4 Å². The number of hydrogen-bond acceptors (Lipinski definition) is 4. The summed E-state index contributed by atoms with van der Waals surface area (Å²) in [7, 11) is 0. The second-order valence-corrected chi connectivity index (χ2v) is 6.85. The molecule has 6 heteroatoms. The van der Waals surface area contributed by atoms with E-state index in [9.17, 15) is 19.5 Å². The third kappa shape index (κ3) is 3.08. The predicted octanol–water partition coefficient (Wildman–Crippen LogP) is 2.49. The molecule has 0 saturated carbocycles. The fourth-order valence-corrected chi connectivity index (χ4v) is 2.94. The third-order valence-electron chi connectivity index (χ3n) is 4.09. The highest BCUT2D eigenvalue weighted by molar-refractivity contribution is 6.06. The number of aromatic amines is 1. The minimum atomic E-state index is -0.595. The summed E-state index contributed by atoms with van der Waals surface area (Å²) < 4.78 is 0. The molecule has 24 heavy (non-hydrogen) atoms. The molecule has 0 fully saturated rings. The summed E-state index contributed by atoms with van der Waals surface area (Å²) in [4.78, 5) is 39.5. The van der Waals surface area contributed by atoms with Crippen LogP contribution in [0.2, 0.25) is 0 Å². The van der Waals surface area contributed by atoms with Gasteiger partial charge in [-0.2, -0.15) is 0 Å². The Bertz CT molecular complexity index is 879. The van der Waals surface area contributed by atoms with E-state index in [4.69, 9.17) is 0 Å². The van der Waals surface area contributed by atoms with Crippen LogP contribution in [0.5, 0.6) is 5.75 Å². The van der Waals surface area contributed by atoms with Crippen LogP contribution in [-0.2, 0) is 6.42 Å². The molecule has 1 aromatic heterocycles. The lowest BCUT2D eigenvalue weighted by Crippen LogP contribution is -2.32. The van der Waals surface area contributed by atoms with Gasteiger partial charge in [-0.1, -0.05) is 13.8 Å². The number of anilines is 1. The van der Waals surface area contributed by atoms with E-state index in [-0.39, 0.29) is 22.5 Å². The van der Waals surface area contributed by atoms with Gasteiger partial charge in [-0.05, 0) is 42.2 Å². The molecule has 3 rings (SSSR count). The lowest BCUT2D eigenvalue weighted by atomic mass is 9.75. The fourth-order valence-electron chi connectivity index (χ4n) is 2.94. The largest absolute Gasteiger partial charge is 0.508 e. The number of pyridine rings is 1. The van der Waals surface area contributed by atoms with Gasteiger partial charge in [-0.25, -0.2) is 0 Å². The molecule has 0 atom stereocenters. The Hall–Kier alpha value is -2.89. The number of phenols is 1. The van der Waals surface area contributed by atoms with Crippen LogP contribution in [0.4, 0.5) is 5.69 Å². The molecule has 0 spiro atoms. The van der Waals surface area contributed by atoms with E-state index in [0.717, 1.165) is 0 Å². The smallest absolute Gasteiger partial charge is 0.261 e. The van der Waals surface area contributed by atoms with Crippen LogP contribution in [-0.4, -0.2) is 21.8 Å². The van der Waals surface area contributed by atoms with E-state index in [1.54, 1.807) is 0 Å². The zero-order valence-electron chi connectivity index (χ0n) is 13.5. The van der Waals surface area contributed by atoms with E-state index < -0.39 is 11.5 Å². The van der Waals surface area contributed by atoms with Crippen LogP contribution in [0.1, 0.15) is 46.7 Å². The van der Waals surface area contributed by atoms with Crippen molar-refractivity contribution in [2.75, 3.05) is 5.32 Å². The average molecular weight is 326 g/mol. The van der Waals surface area contributed by atoms with E-state index in [1.165, 1.54) is 30.3 Å². The topological polar surface area (TPSA) is 99.3 Å². The zero-order valence-corrected chi connectivity index (χ0v) is 13.5. The summed E-state index contributed by atoms with van der Waals surface area (Å²) in [6.45, 7) is 3.94. The van der Waals surface area contributed by atoms with Gasteiger partial charge < -0.3 is 15.4 Å². The number of amides is 1. The van der Waals surface area contributed by atoms with Gasteiger partial charge in [-0.15, -0.1) is 0 Å². The van der Waals surface area contributed by atoms with Crippen molar-refractivity contribution in [1.82, 2.24) is 4.98 Å². The molecule has 3 N–H and O–H groups in total.